The van der Waals surface area contributed by atoms with Crippen LogP contribution in [-0.2, 0) is 33.8 Å². The number of anilines is 1. The average molecular weight is 463 g/mol. The van der Waals surface area contributed by atoms with E-state index in [4.69, 9.17) is 26.6 Å². The summed E-state index contributed by atoms with van der Waals surface area (Å²) < 4.78 is 5.84. The van der Waals surface area contributed by atoms with E-state index in [1.54, 1.807) is 0 Å². The summed E-state index contributed by atoms with van der Waals surface area (Å²) >= 11 is 6.46. The number of carbonyl (C=O) groups is 2. The molecule has 1 atom stereocenters. The van der Waals surface area contributed by atoms with Crippen molar-refractivity contribution in [2.75, 3.05) is 25.0 Å². The molecule has 0 saturated heterocycles. The summed E-state index contributed by atoms with van der Waals surface area (Å²) in [4.78, 5) is 19.3. The van der Waals surface area contributed by atoms with Crippen molar-refractivity contribution in [1.82, 2.24) is 5.32 Å². The van der Waals surface area contributed by atoms with Crippen molar-refractivity contribution in [2.24, 2.45) is 0 Å². The fourth-order valence-corrected chi connectivity index (χ4v) is 3.56. The minimum atomic E-state index is -1.08. The van der Waals surface area contributed by atoms with E-state index < -0.39 is 11.9 Å². The third-order valence-electron chi connectivity index (χ3n) is 4.90. The van der Waals surface area contributed by atoms with Gasteiger partial charge in [0.05, 0.1) is 36.8 Å². The molecule has 0 fully saturated rings. The fraction of sp³-hybridized carbons (Fsp3) is 0.417. The van der Waals surface area contributed by atoms with Gasteiger partial charge in [-0.15, -0.1) is 0 Å². The van der Waals surface area contributed by atoms with E-state index in [1.165, 1.54) is 16.7 Å². The first-order valence-electron chi connectivity index (χ1n) is 10.7. The van der Waals surface area contributed by atoms with Crippen LogP contribution in [0, 0.1) is 0 Å². The highest BCUT2D eigenvalue weighted by atomic mass is 35.5. The molecule has 3 rings (SSSR count). The maximum absolute atomic E-state index is 9.64. The number of carboxylic acids is 2. The SMILES string of the molecule is CC(COCc1ccccc1)Nc1c(Cl)ccc2c1CCNCC2.O=C(O)CCC(=O)O. The van der Waals surface area contributed by atoms with E-state index in [0.29, 0.717) is 13.2 Å². The zero-order chi connectivity index (χ0) is 23.3. The molecule has 1 unspecified atom stereocenters. The molecule has 0 saturated carbocycles. The normalized spacial score (nSPS) is 13.7. The van der Waals surface area contributed by atoms with Crippen LogP contribution in [0.4, 0.5) is 5.69 Å². The van der Waals surface area contributed by atoms with Crippen LogP contribution in [0.15, 0.2) is 42.5 Å². The lowest BCUT2D eigenvalue weighted by Gasteiger charge is -2.21. The molecular formula is C24H31ClN2O5. The number of carboxylic acid groups (broad SMARTS) is 2. The van der Waals surface area contributed by atoms with Crippen LogP contribution >= 0.6 is 11.6 Å². The van der Waals surface area contributed by atoms with Crippen LogP contribution in [0.5, 0.6) is 0 Å². The Labute approximate surface area is 193 Å². The molecule has 0 amide bonds. The Morgan fingerprint density at radius 1 is 1.06 bits per heavy atom. The first-order valence-corrected chi connectivity index (χ1v) is 11.1. The van der Waals surface area contributed by atoms with Crippen molar-refractivity contribution in [3.8, 4) is 0 Å². The van der Waals surface area contributed by atoms with Crippen LogP contribution in [0.2, 0.25) is 5.02 Å². The van der Waals surface area contributed by atoms with E-state index in [0.717, 1.165) is 36.6 Å². The summed E-state index contributed by atoms with van der Waals surface area (Å²) in [5.74, 6) is -2.15. The summed E-state index contributed by atoms with van der Waals surface area (Å²) in [6, 6.07) is 14.6. The number of rotatable bonds is 9. The number of hydrogen-bond donors (Lipinski definition) is 4. The lowest BCUT2D eigenvalue weighted by Crippen LogP contribution is -2.23. The Morgan fingerprint density at radius 2 is 1.72 bits per heavy atom. The Balaban J connectivity index is 0.000000390. The highest BCUT2D eigenvalue weighted by molar-refractivity contribution is 6.33. The Kier molecular flexibility index (Phi) is 11.0. The molecule has 2 aromatic rings. The average Bonchev–Trinajstić information content (AvgIpc) is 3.01. The molecule has 0 spiro atoms. The highest BCUT2D eigenvalue weighted by Crippen LogP contribution is 2.31. The zero-order valence-corrected chi connectivity index (χ0v) is 19.0. The largest absolute Gasteiger partial charge is 0.481 e. The monoisotopic (exact) mass is 462 g/mol. The van der Waals surface area contributed by atoms with E-state index >= 15 is 0 Å². The molecule has 0 radical (unpaired) electrons. The van der Waals surface area contributed by atoms with E-state index in [1.807, 2.05) is 24.3 Å². The van der Waals surface area contributed by atoms with Gasteiger partial charge in [-0.3, -0.25) is 9.59 Å². The van der Waals surface area contributed by atoms with Gasteiger partial charge in [0.25, 0.3) is 0 Å². The Morgan fingerprint density at radius 3 is 2.38 bits per heavy atom. The van der Waals surface area contributed by atoms with Crippen LogP contribution in [-0.4, -0.2) is 47.9 Å². The smallest absolute Gasteiger partial charge is 0.303 e. The molecule has 1 aliphatic heterocycles. The molecule has 0 aliphatic carbocycles. The second-order valence-electron chi connectivity index (χ2n) is 7.64. The quantitative estimate of drug-likeness (QED) is 0.446. The molecule has 4 N–H and O–H groups in total. The van der Waals surface area contributed by atoms with Gasteiger partial charge in [0.2, 0.25) is 0 Å². The second-order valence-corrected chi connectivity index (χ2v) is 8.05. The van der Waals surface area contributed by atoms with Crippen LogP contribution in [0.25, 0.3) is 0 Å². The molecular weight excluding hydrogens is 432 g/mol. The van der Waals surface area contributed by atoms with E-state index in [-0.39, 0.29) is 18.9 Å². The molecule has 7 nitrogen and oxygen atoms in total. The van der Waals surface area contributed by atoms with Gasteiger partial charge in [-0.25, -0.2) is 0 Å². The van der Waals surface area contributed by atoms with Gasteiger partial charge in [-0.2, -0.15) is 0 Å². The first-order chi connectivity index (χ1) is 15.4. The number of hydrogen-bond acceptors (Lipinski definition) is 5. The molecule has 8 heteroatoms. The van der Waals surface area contributed by atoms with Gasteiger partial charge in [0.1, 0.15) is 0 Å². The van der Waals surface area contributed by atoms with Crippen LogP contribution < -0.4 is 10.6 Å². The predicted molar refractivity (Wildman–Crippen MR) is 125 cm³/mol. The number of aliphatic carboxylic acids is 2. The number of nitrogens with one attached hydrogen (secondary N) is 2. The predicted octanol–water partition coefficient (Wildman–Crippen LogP) is 3.98. The van der Waals surface area contributed by atoms with Crippen molar-refractivity contribution in [3.05, 3.63) is 64.2 Å². The van der Waals surface area contributed by atoms with Gasteiger partial charge in [-0.1, -0.05) is 48.0 Å². The lowest BCUT2D eigenvalue weighted by atomic mass is 10.0. The first kappa shape index (κ1) is 25.6. The van der Waals surface area contributed by atoms with Crippen LogP contribution in [0.3, 0.4) is 0 Å². The van der Waals surface area contributed by atoms with Gasteiger partial charge in [0, 0.05) is 6.04 Å². The fourth-order valence-electron chi connectivity index (χ4n) is 3.33. The number of fused-ring (bicyclic) bond motifs is 1. The minimum absolute atomic E-state index is 0.203. The van der Waals surface area contributed by atoms with Crippen molar-refractivity contribution in [1.29, 1.82) is 0 Å². The van der Waals surface area contributed by atoms with Crippen molar-refractivity contribution >= 4 is 29.2 Å². The summed E-state index contributed by atoms with van der Waals surface area (Å²) in [6.07, 6.45) is 1.47. The second kappa shape index (κ2) is 13.7. The topological polar surface area (TPSA) is 108 Å². The summed E-state index contributed by atoms with van der Waals surface area (Å²) in [6.45, 7) is 5.45. The molecule has 32 heavy (non-hydrogen) atoms. The van der Waals surface area contributed by atoms with Gasteiger partial charge < -0.3 is 25.6 Å². The van der Waals surface area contributed by atoms with Crippen LogP contribution in [0.1, 0.15) is 36.5 Å². The van der Waals surface area contributed by atoms with Gasteiger partial charge in [-0.05, 0) is 55.6 Å². The summed E-state index contributed by atoms with van der Waals surface area (Å²) in [5.41, 5.74) is 5.02. The highest BCUT2D eigenvalue weighted by Gasteiger charge is 2.16. The summed E-state index contributed by atoms with van der Waals surface area (Å²) in [5, 5.41) is 23.6. The maximum atomic E-state index is 9.64. The lowest BCUT2D eigenvalue weighted by molar-refractivity contribution is -0.143. The van der Waals surface area contributed by atoms with Gasteiger partial charge >= 0.3 is 11.9 Å². The van der Waals surface area contributed by atoms with Crippen molar-refractivity contribution < 1.29 is 24.5 Å². The Hall–Kier alpha value is -2.61. The maximum Gasteiger partial charge on any atom is 0.303 e. The number of benzene rings is 2. The Bertz CT molecular complexity index is 862. The molecule has 2 aromatic carbocycles. The van der Waals surface area contributed by atoms with Gasteiger partial charge in [0.15, 0.2) is 0 Å². The van der Waals surface area contributed by atoms with Crippen molar-refractivity contribution in [3.63, 3.8) is 0 Å². The number of halogens is 1. The molecule has 0 aromatic heterocycles. The van der Waals surface area contributed by atoms with Crippen molar-refractivity contribution in [2.45, 2.75) is 45.3 Å². The van der Waals surface area contributed by atoms with E-state index in [2.05, 4.69) is 35.8 Å². The molecule has 0 bridgehead atoms. The minimum Gasteiger partial charge on any atom is -0.481 e. The third kappa shape index (κ3) is 9.26. The molecule has 1 heterocycles. The van der Waals surface area contributed by atoms with E-state index in [9.17, 15) is 9.59 Å². The molecule has 174 valence electrons. The third-order valence-corrected chi connectivity index (χ3v) is 5.22. The number of ether oxygens (including phenoxy) is 1. The summed E-state index contributed by atoms with van der Waals surface area (Å²) in [7, 11) is 0. The zero-order valence-electron chi connectivity index (χ0n) is 18.3. The molecule has 1 aliphatic rings. The standard InChI is InChI=1S/C20H25ClN2O.C4H6O4/c1-15(13-24-14-16-5-3-2-4-6-16)23-20-18-10-12-22-11-9-17(18)7-8-19(20)21;5-3(6)1-2-4(7)8/h2-8,15,22-23H,9-14H2,1H3;1-2H2,(H,5,6)(H,7,8).